The lowest BCUT2D eigenvalue weighted by molar-refractivity contribution is -0.148. The Balaban J connectivity index is 1.86. The summed E-state index contributed by atoms with van der Waals surface area (Å²) in [7, 11) is 1.31. The summed E-state index contributed by atoms with van der Waals surface area (Å²) in [6.45, 7) is 3.73. The summed E-state index contributed by atoms with van der Waals surface area (Å²) >= 11 is 0. The third-order valence-electron chi connectivity index (χ3n) is 4.16. The average molecular weight is 399 g/mol. The second-order valence-electron chi connectivity index (χ2n) is 6.72. The summed E-state index contributed by atoms with van der Waals surface area (Å²) in [5.74, 6) is -1.19. The normalized spacial score (nSPS) is 11.4. The van der Waals surface area contributed by atoms with Crippen molar-refractivity contribution in [3.8, 4) is 0 Å². The van der Waals surface area contributed by atoms with Crippen LogP contribution in [0.15, 0.2) is 54.6 Å². The van der Waals surface area contributed by atoms with E-state index in [4.69, 9.17) is 9.47 Å². The van der Waals surface area contributed by atoms with E-state index in [1.165, 1.54) is 7.11 Å². The van der Waals surface area contributed by atoms with Crippen LogP contribution in [0.25, 0.3) is 0 Å². The molecule has 0 fully saturated rings. The molecule has 1 atom stereocenters. The van der Waals surface area contributed by atoms with Crippen LogP contribution in [0.5, 0.6) is 0 Å². The third kappa shape index (κ3) is 6.95. The van der Waals surface area contributed by atoms with Gasteiger partial charge in [-0.3, -0.25) is 0 Å². The maximum absolute atomic E-state index is 12.4. The zero-order chi connectivity index (χ0) is 21.2. The smallest absolute Gasteiger partial charge is 0.408 e. The highest BCUT2D eigenvalue weighted by atomic mass is 16.6. The molecule has 1 amide bonds. The molecule has 0 saturated heterocycles. The van der Waals surface area contributed by atoms with Gasteiger partial charge in [-0.25, -0.2) is 14.4 Å². The molecule has 2 aromatic rings. The Hall–Kier alpha value is -3.35. The van der Waals surface area contributed by atoms with Gasteiger partial charge in [0.2, 0.25) is 0 Å². The molecule has 0 heterocycles. The number of carbonyl (C=O) groups excluding carboxylic acids is 3. The SMILES string of the molecule is COC(=O)c1ccc(COC(=O)[C@@H](NC(=O)OCc2ccccc2)C(C)C)cc1. The lowest BCUT2D eigenvalue weighted by Crippen LogP contribution is -2.45. The molecule has 2 rings (SSSR count). The van der Waals surface area contributed by atoms with Crippen LogP contribution in [0.3, 0.4) is 0 Å². The molecule has 0 bridgehead atoms. The van der Waals surface area contributed by atoms with E-state index in [1.54, 1.807) is 38.1 Å². The number of hydrogen-bond donors (Lipinski definition) is 1. The number of methoxy groups -OCH3 is 1. The van der Waals surface area contributed by atoms with Crippen molar-refractivity contribution < 1.29 is 28.6 Å². The van der Waals surface area contributed by atoms with E-state index < -0.39 is 24.1 Å². The lowest BCUT2D eigenvalue weighted by atomic mass is 10.1. The molecule has 0 aliphatic rings. The second-order valence-corrected chi connectivity index (χ2v) is 6.72. The van der Waals surface area contributed by atoms with Gasteiger partial charge in [-0.2, -0.15) is 0 Å². The van der Waals surface area contributed by atoms with E-state index in [1.807, 2.05) is 30.3 Å². The average Bonchev–Trinajstić information content (AvgIpc) is 2.74. The minimum atomic E-state index is -0.840. The maximum Gasteiger partial charge on any atom is 0.408 e. The molecule has 0 spiro atoms. The Morgan fingerprint density at radius 1 is 0.862 bits per heavy atom. The monoisotopic (exact) mass is 399 g/mol. The fourth-order valence-electron chi connectivity index (χ4n) is 2.49. The molecule has 154 valence electrons. The number of alkyl carbamates (subject to hydrolysis) is 1. The van der Waals surface area contributed by atoms with Crippen LogP contribution >= 0.6 is 0 Å². The van der Waals surface area contributed by atoms with Crippen LogP contribution < -0.4 is 5.32 Å². The van der Waals surface area contributed by atoms with E-state index in [2.05, 4.69) is 10.1 Å². The van der Waals surface area contributed by atoms with E-state index in [-0.39, 0.29) is 19.1 Å². The first kappa shape index (κ1) is 21.9. The first-order chi connectivity index (χ1) is 13.9. The maximum atomic E-state index is 12.4. The van der Waals surface area contributed by atoms with Crippen LogP contribution in [0.2, 0.25) is 0 Å². The summed E-state index contributed by atoms with van der Waals surface area (Å²) in [6, 6.07) is 14.9. The molecule has 7 heteroatoms. The van der Waals surface area contributed by atoms with Gasteiger partial charge in [0.1, 0.15) is 19.3 Å². The Kier molecular flexibility index (Phi) is 8.21. The van der Waals surface area contributed by atoms with Gasteiger partial charge in [0.25, 0.3) is 0 Å². The van der Waals surface area contributed by atoms with Gasteiger partial charge in [0.15, 0.2) is 0 Å². The van der Waals surface area contributed by atoms with Crippen molar-refractivity contribution in [1.82, 2.24) is 5.32 Å². The highest BCUT2D eigenvalue weighted by molar-refractivity contribution is 5.89. The van der Waals surface area contributed by atoms with Crippen LogP contribution in [0, 0.1) is 5.92 Å². The first-order valence-corrected chi connectivity index (χ1v) is 9.21. The standard InChI is InChI=1S/C22H25NO6/c1-15(2)19(23-22(26)29-14-16-7-5-4-6-8-16)21(25)28-13-17-9-11-18(12-10-17)20(24)27-3/h4-12,15,19H,13-14H2,1-3H3,(H,23,26)/t19-/m0/s1. The Morgan fingerprint density at radius 2 is 1.45 bits per heavy atom. The minimum Gasteiger partial charge on any atom is -0.465 e. The molecule has 0 saturated carbocycles. The van der Waals surface area contributed by atoms with Crippen molar-refractivity contribution in [3.05, 3.63) is 71.3 Å². The molecule has 0 radical (unpaired) electrons. The first-order valence-electron chi connectivity index (χ1n) is 9.21. The third-order valence-corrected chi connectivity index (χ3v) is 4.16. The highest BCUT2D eigenvalue weighted by Gasteiger charge is 2.26. The largest absolute Gasteiger partial charge is 0.465 e. The number of ether oxygens (including phenoxy) is 3. The molecule has 29 heavy (non-hydrogen) atoms. The predicted molar refractivity (Wildman–Crippen MR) is 106 cm³/mol. The molecular weight excluding hydrogens is 374 g/mol. The zero-order valence-electron chi connectivity index (χ0n) is 16.7. The molecule has 2 aromatic carbocycles. The summed E-state index contributed by atoms with van der Waals surface area (Å²) < 4.78 is 15.1. The van der Waals surface area contributed by atoms with Crippen molar-refractivity contribution in [3.63, 3.8) is 0 Å². The van der Waals surface area contributed by atoms with E-state index >= 15 is 0 Å². The van der Waals surface area contributed by atoms with Crippen LogP contribution in [0.1, 0.15) is 35.3 Å². The van der Waals surface area contributed by atoms with Gasteiger partial charge in [0.05, 0.1) is 12.7 Å². The summed E-state index contributed by atoms with van der Waals surface area (Å²) in [4.78, 5) is 35.9. The number of rotatable bonds is 8. The topological polar surface area (TPSA) is 90.9 Å². The van der Waals surface area contributed by atoms with Gasteiger partial charge >= 0.3 is 18.0 Å². The molecule has 7 nitrogen and oxygen atoms in total. The summed E-state index contributed by atoms with van der Waals surface area (Å²) in [6.07, 6.45) is -0.688. The van der Waals surface area contributed by atoms with Gasteiger partial charge in [-0.1, -0.05) is 56.3 Å². The van der Waals surface area contributed by atoms with Gasteiger partial charge < -0.3 is 19.5 Å². The molecule has 0 unspecified atom stereocenters. The summed E-state index contributed by atoms with van der Waals surface area (Å²) in [5.41, 5.74) is 1.97. The number of amides is 1. The van der Waals surface area contributed by atoms with Crippen molar-refractivity contribution in [2.24, 2.45) is 5.92 Å². The van der Waals surface area contributed by atoms with Crippen molar-refractivity contribution in [1.29, 1.82) is 0 Å². The van der Waals surface area contributed by atoms with Gasteiger partial charge in [0, 0.05) is 0 Å². The zero-order valence-corrected chi connectivity index (χ0v) is 16.7. The van der Waals surface area contributed by atoms with Crippen LogP contribution in [0.4, 0.5) is 4.79 Å². The molecular formula is C22H25NO6. The molecule has 0 aliphatic carbocycles. The lowest BCUT2D eigenvalue weighted by Gasteiger charge is -2.20. The fraction of sp³-hybridized carbons (Fsp3) is 0.318. The Bertz CT molecular complexity index is 817. The Labute approximate surface area is 170 Å². The number of nitrogens with one attached hydrogen (secondary N) is 1. The van der Waals surface area contributed by atoms with E-state index in [9.17, 15) is 14.4 Å². The van der Waals surface area contributed by atoms with E-state index in [0.29, 0.717) is 11.1 Å². The minimum absolute atomic E-state index is 0.0181. The molecule has 0 aliphatic heterocycles. The number of esters is 2. The second kappa shape index (κ2) is 10.8. The summed E-state index contributed by atoms with van der Waals surface area (Å²) in [5, 5.41) is 2.56. The highest BCUT2D eigenvalue weighted by Crippen LogP contribution is 2.10. The van der Waals surface area contributed by atoms with Crippen LogP contribution in [-0.4, -0.2) is 31.2 Å². The fourth-order valence-corrected chi connectivity index (χ4v) is 2.49. The predicted octanol–water partition coefficient (Wildman–Crippen LogP) is 3.47. The van der Waals surface area contributed by atoms with Crippen molar-refractivity contribution in [2.45, 2.75) is 33.1 Å². The quantitative estimate of drug-likeness (QED) is 0.540. The van der Waals surface area contributed by atoms with E-state index in [0.717, 1.165) is 5.56 Å². The number of benzene rings is 2. The van der Waals surface area contributed by atoms with Gasteiger partial charge in [-0.15, -0.1) is 0 Å². The van der Waals surface area contributed by atoms with Crippen molar-refractivity contribution >= 4 is 18.0 Å². The van der Waals surface area contributed by atoms with Crippen molar-refractivity contribution in [2.75, 3.05) is 7.11 Å². The molecule has 1 N–H and O–H groups in total. The molecule has 0 aromatic heterocycles. The van der Waals surface area contributed by atoms with Crippen LogP contribution in [-0.2, 0) is 32.2 Å². The number of carbonyl (C=O) groups is 3. The van der Waals surface area contributed by atoms with Gasteiger partial charge in [-0.05, 0) is 29.2 Å². The Morgan fingerprint density at radius 3 is 2.03 bits per heavy atom. The number of hydrogen-bond acceptors (Lipinski definition) is 6.